The molecular formula is C42H61N7O10S. The second-order valence-corrected chi connectivity index (χ2v) is 16.0. The molecule has 330 valence electrons. The summed E-state index contributed by atoms with van der Waals surface area (Å²) in [4.78, 5) is 96.2. The SMILES string of the molecule is CCC(C)C(NC(=O)NC1CCCCNC(=O)C(CO)NC(=O)C(CCc2ccc(O)cc2)N(C)C(=O)C(CCc2ccccc2)NC(=O)C(CCSC)NC1=O)C(=O)O. The van der Waals surface area contributed by atoms with Gasteiger partial charge in [0.25, 0.3) is 0 Å². The standard InChI is InChI=1S/C42H61N7O10S/c1-5-26(2)35(41(57)58)48-42(59)47-30-13-9-10-23-43-36(52)33(25-50)46-39(55)34(21-17-28-14-18-29(51)19-15-28)49(3)40(56)32(20-16-27-11-7-6-8-12-27)45-38(54)31(22-24-60-4)44-37(30)53/h6-8,11-12,14-15,18-19,26,30-35,50-51H,5,9-10,13,16-17,20-25H2,1-4H3,(H,43,52)(H,44,53)(H,45,54)(H,46,55)(H,57,58)(H2,47,48,59). The van der Waals surface area contributed by atoms with Crippen LogP contribution < -0.4 is 31.9 Å². The molecule has 1 aliphatic heterocycles. The number of aromatic hydroxyl groups is 1. The highest BCUT2D eigenvalue weighted by Crippen LogP contribution is 2.17. The Morgan fingerprint density at radius 3 is 2.10 bits per heavy atom. The van der Waals surface area contributed by atoms with E-state index in [1.807, 2.05) is 36.6 Å². The third kappa shape index (κ3) is 15.7. The highest BCUT2D eigenvalue weighted by molar-refractivity contribution is 7.98. The number of urea groups is 1. The molecule has 1 heterocycles. The molecule has 7 amide bonds. The molecule has 17 nitrogen and oxygen atoms in total. The van der Waals surface area contributed by atoms with Crippen molar-refractivity contribution in [2.24, 2.45) is 5.92 Å². The molecule has 2 aromatic rings. The van der Waals surface area contributed by atoms with E-state index in [9.17, 15) is 48.9 Å². The molecule has 3 rings (SSSR count). The first kappa shape index (κ1) is 49.0. The number of carboxylic acid groups (broad SMARTS) is 1. The van der Waals surface area contributed by atoms with Crippen molar-refractivity contribution in [3.63, 3.8) is 0 Å². The van der Waals surface area contributed by atoms with Gasteiger partial charge in [-0.1, -0.05) is 62.7 Å². The van der Waals surface area contributed by atoms with Crippen LogP contribution in [-0.4, -0.2) is 130 Å². The van der Waals surface area contributed by atoms with Crippen LogP contribution in [0, 0.1) is 5.92 Å². The molecule has 0 aromatic heterocycles. The molecule has 0 bridgehead atoms. The number of aryl methyl sites for hydroxylation is 2. The van der Waals surface area contributed by atoms with E-state index in [0.717, 1.165) is 11.1 Å². The van der Waals surface area contributed by atoms with Crippen LogP contribution in [0.4, 0.5) is 4.79 Å². The smallest absolute Gasteiger partial charge is 0.326 e. The lowest BCUT2D eigenvalue weighted by molar-refractivity contribution is -0.143. The molecule has 0 spiro atoms. The summed E-state index contributed by atoms with van der Waals surface area (Å²) in [5, 5.41) is 45.6. The minimum atomic E-state index is -1.37. The molecule has 0 saturated carbocycles. The van der Waals surface area contributed by atoms with Crippen LogP contribution in [0.15, 0.2) is 54.6 Å². The van der Waals surface area contributed by atoms with Gasteiger partial charge in [-0.25, -0.2) is 9.59 Å². The third-order valence-corrected chi connectivity index (χ3v) is 11.2. The number of aliphatic hydroxyl groups is 1. The molecule has 0 aliphatic carbocycles. The van der Waals surface area contributed by atoms with Crippen LogP contribution in [0.2, 0.25) is 0 Å². The largest absolute Gasteiger partial charge is 0.508 e. The van der Waals surface area contributed by atoms with Crippen molar-refractivity contribution in [1.29, 1.82) is 0 Å². The van der Waals surface area contributed by atoms with E-state index in [1.165, 1.54) is 35.8 Å². The maximum atomic E-state index is 14.5. The van der Waals surface area contributed by atoms with Crippen molar-refractivity contribution in [1.82, 2.24) is 36.8 Å². The van der Waals surface area contributed by atoms with E-state index in [-0.39, 0.29) is 50.8 Å². The molecule has 60 heavy (non-hydrogen) atoms. The average molecular weight is 856 g/mol. The van der Waals surface area contributed by atoms with Crippen LogP contribution in [0.1, 0.15) is 69.9 Å². The molecule has 0 radical (unpaired) electrons. The fourth-order valence-electron chi connectivity index (χ4n) is 6.69. The Hall–Kier alpha value is -5.36. The number of carbonyl (C=O) groups is 7. The molecule has 7 atom stereocenters. The normalized spacial score (nSPS) is 22.4. The van der Waals surface area contributed by atoms with Gasteiger partial charge in [0.05, 0.1) is 6.61 Å². The van der Waals surface area contributed by atoms with E-state index in [1.54, 1.807) is 26.0 Å². The number of benzene rings is 2. The fourth-order valence-corrected chi connectivity index (χ4v) is 7.16. The monoisotopic (exact) mass is 855 g/mol. The molecule has 9 N–H and O–H groups in total. The van der Waals surface area contributed by atoms with Gasteiger partial charge in [-0.15, -0.1) is 0 Å². The van der Waals surface area contributed by atoms with Gasteiger partial charge in [-0.2, -0.15) is 11.8 Å². The van der Waals surface area contributed by atoms with Gasteiger partial charge in [0.2, 0.25) is 29.5 Å². The molecule has 1 aliphatic rings. The zero-order valence-corrected chi connectivity index (χ0v) is 35.6. The van der Waals surface area contributed by atoms with Gasteiger partial charge in [0, 0.05) is 13.6 Å². The van der Waals surface area contributed by atoms with Crippen molar-refractivity contribution in [2.45, 2.75) is 108 Å². The van der Waals surface area contributed by atoms with E-state index in [2.05, 4.69) is 31.9 Å². The van der Waals surface area contributed by atoms with Gasteiger partial charge in [-0.3, -0.25) is 24.0 Å². The number of nitrogens with zero attached hydrogens (tertiary/aromatic N) is 1. The minimum Gasteiger partial charge on any atom is -0.508 e. The van der Waals surface area contributed by atoms with Gasteiger partial charge >= 0.3 is 12.0 Å². The van der Waals surface area contributed by atoms with Crippen LogP contribution >= 0.6 is 11.8 Å². The Bertz CT molecular complexity index is 1730. The Morgan fingerprint density at radius 1 is 0.833 bits per heavy atom. The van der Waals surface area contributed by atoms with E-state index >= 15 is 0 Å². The molecule has 1 saturated heterocycles. The Morgan fingerprint density at radius 2 is 1.47 bits per heavy atom. The van der Waals surface area contributed by atoms with Crippen LogP contribution in [0.3, 0.4) is 0 Å². The van der Waals surface area contributed by atoms with E-state index in [4.69, 9.17) is 0 Å². The van der Waals surface area contributed by atoms with Gasteiger partial charge in [0.1, 0.15) is 42.0 Å². The highest BCUT2D eigenvalue weighted by Gasteiger charge is 2.36. The van der Waals surface area contributed by atoms with Crippen molar-refractivity contribution in [2.75, 3.05) is 32.2 Å². The maximum absolute atomic E-state index is 14.5. The maximum Gasteiger partial charge on any atom is 0.326 e. The first-order valence-corrected chi connectivity index (χ1v) is 21.7. The molecule has 18 heteroatoms. The predicted molar refractivity (Wildman–Crippen MR) is 227 cm³/mol. The molecule has 2 aromatic carbocycles. The van der Waals surface area contributed by atoms with Crippen molar-refractivity contribution < 1.29 is 48.9 Å². The minimum absolute atomic E-state index is 0.0406. The first-order chi connectivity index (χ1) is 28.7. The number of likely N-dealkylation sites (N-methyl/N-ethyl adjacent to an activating group) is 1. The first-order valence-electron chi connectivity index (χ1n) is 20.4. The molecule has 1 fully saturated rings. The Balaban J connectivity index is 2.02. The Kier molecular flexibility index (Phi) is 20.7. The van der Waals surface area contributed by atoms with E-state index < -0.39 is 90.3 Å². The summed E-state index contributed by atoms with van der Waals surface area (Å²) in [5.74, 6) is -4.54. The number of thioether (sulfide) groups is 1. The summed E-state index contributed by atoms with van der Waals surface area (Å²) in [6.45, 7) is 2.79. The number of hydrogen-bond acceptors (Lipinski definition) is 10. The number of rotatable bonds is 15. The summed E-state index contributed by atoms with van der Waals surface area (Å²) in [7, 11) is 1.42. The van der Waals surface area contributed by atoms with Crippen LogP contribution in [-0.2, 0) is 41.6 Å². The topological polar surface area (TPSA) is 256 Å². The number of phenols is 1. The number of nitrogens with one attached hydrogen (secondary N) is 6. The lowest BCUT2D eigenvalue weighted by Gasteiger charge is -2.32. The lowest BCUT2D eigenvalue weighted by Crippen LogP contribution is -2.60. The molecule has 7 unspecified atom stereocenters. The number of hydrogen-bond donors (Lipinski definition) is 9. The number of carboxylic acids is 1. The van der Waals surface area contributed by atoms with Crippen molar-refractivity contribution >= 4 is 53.3 Å². The number of phenolic OH excluding ortho intramolecular Hbond substituents is 1. The average Bonchev–Trinajstić information content (AvgIpc) is 3.23. The lowest BCUT2D eigenvalue weighted by atomic mass is 9.99. The highest BCUT2D eigenvalue weighted by atomic mass is 32.2. The quantitative estimate of drug-likeness (QED) is 0.124. The van der Waals surface area contributed by atoms with E-state index in [0.29, 0.717) is 25.0 Å². The van der Waals surface area contributed by atoms with Gasteiger partial charge in [-0.05, 0) is 92.6 Å². The van der Waals surface area contributed by atoms with Gasteiger partial charge < -0.3 is 52.1 Å². The number of amides is 7. The molecular weight excluding hydrogens is 795 g/mol. The number of aliphatic hydroxyl groups excluding tert-OH is 1. The zero-order chi connectivity index (χ0) is 44.2. The third-order valence-electron chi connectivity index (χ3n) is 10.6. The Labute approximate surface area is 355 Å². The number of carbonyl (C=O) groups excluding carboxylic acids is 6. The summed E-state index contributed by atoms with van der Waals surface area (Å²) >= 11 is 1.43. The fraction of sp³-hybridized carbons (Fsp3) is 0.548. The second kappa shape index (κ2) is 25.3. The summed E-state index contributed by atoms with van der Waals surface area (Å²) in [6, 6.07) is 7.42. The summed E-state index contributed by atoms with van der Waals surface area (Å²) in [6.07, 6.45) is 3.93. The predicted octanol–water partition coefficient (Wildman–Crippen LogP) is 1.45. The summed E-state index contributed by atoms with van der Waals surface area (Å²) in [5.41, 5.74) is 1.64. The summed E-state index contributed by atoms with van der Waals surface area (Å²) < 4.78 is 0. The van der Waals surface area contributed by atoms with Gasteiger partial charge in [0.15, 0.2) is 0 Å². The van der Waals surface area contributed by atoms with Crippen LogP contribution in [0.25, 0.3) is 0 Å². The van der Waals surface area contributed by atoms with Crippen LogP contribution in [0.5, 0.6) is 5.75 Å². The van der Waals surface area contributed by atoms with Crippen molar-refractivity contribution in [3.8, 4) is 5.75 Å². The van der Waals surface area contributed by atoms with Crippen molar-refractivity contribution in [3.05, 3.63) is 65.7 Å². The zero-order valence-electron chi connectivity index (χ0n) is 34.8. The number of aliphatic carboxylic acids is 1. The second-order valence-electron chi connectivity index (χ2n) is 15.0.